The first kappa shape index (κ1) is 13.9. The molecule has 5 rings (SSSR count). The minimum atomic E-state index is -0.151. The molecule has 4 aliphatic carbocycles. The first-order valence-electron chi connectivity index (χ1n) is 8.26. The number of hydrogen-bond acceptors (Lipinski definition) is 3. The number of hydrogen-bond donors (Lipinski definition) is 2. The largest absolute Gasteiger partial charge is 0.507 e. The highest BCUT2D eigenvalue weighted by Gasteiger charge is 2.51. The number of aromatic hydroxyl groups is 1. The zero-order chi connectivity index (χ0) is 15.3. The number of phenols is 1. The van der Waals surface area contributed by atoms with E-state index in [4.69, 9.17) is 4.74 Å². The summed E-state index contributed by atoms with van der Waals surface area (Å²) >= 11 is 0. The lowest BCUT2D eigenvalue weighted by atomic mass is 9.53. The normalized spacial score (nSPS) is 35.4. The van der Waals surface area contributed by atoms with E-state index < -0.39 is 0 Å². The van der Waals surface area contributed by atoms with E-state index in [2.05, 4.69) is 5.32 Å². The van der Waals surface area contributed by atoms with Crippen LogP contribution in [0.5, 0.6) is 11.5 Å². The zero-order valence-corrected chi connectivity index (χ0v) is 13.0. The number of phenolic OH excluding ortho intramolecular Hbond substituents is 1. The SMILES string of the molecule is COc1ccc(C(=O)NC23CC4CC(CC(C4)C2)C3)c(O)c1. The van der Waals surface area contributed by atoms with Gasteiger partial charge in [0, 0.05) is 11.6 Å². The summed E-state index contributed by atoms with van der Waals surface area (Å²) in [4.78, 5) is 12.6. The van der Waals surface area contributed by atoms with Gasteiger partial charge in [0.25, 0.3) is 5.91 Å². The van der Waals surface area contributed by atoms with Crippen LogP contribution in [0, 0.1) is 17.8 Å². The van der Waals surface area contributed by atoms with Crippen molar-refractivity contribution in [1.29, 1.82) is 0 Å². The molecule has 0 radical (unpaired) electrons. The van der Waals surface area contributed by atoms with Gasteiger partial charge in [-0.15, -0.1) is 0 Å². The lowest BCUT2D eigenvalue weighted by Gasteiger charge is -2.56. The molecule has 4 nitrogen and oxygen atoms in total. The fourth-order valence-electron chi connectivity index (χ4n) is 5.40. The van der Waals surface area contributed by atoms with Crippen molar-refractivity contribution in [2.45, 2.75) is 44.1 Å². The van der Waals surface area contributed by atoms with Crippen LogP contribution in [0.15, 0.2) is 18.2 Å². The van der Waals surface area contributed by atoms with Gasteiger partial charge in [-0.1, -0.05) is 0 Å². The summed E-state index contributed by atoms with van der Waals surface area (Å²) < 4.78 is 5.07. The summed E-state index contributed by atoms with van der Waals surface area (Å²) in [6.45, 7) is 0. The standard InChI is InChI=1S/C18H23NO3/c1-22-14-2-3-15(16(20)7-14)17(21)19-18-8-11-4-12(9-18)6-13(5-11)10-18/h2-3,7,11-13,20H,4-6,8-10H2,1H3,(H,19,21). The van der Waals surface area contributed by atoms with Gasteiger partial charge >= 0.3 is 0 Å². The Morgan fingerprint density at radius 2 is 1.77 bits per heavy atom. The number of rotatable bonds is 3. The van der Waals surface area contributed by atoms with E-state index in [1.165, 1.54) is 25.3 Å². The van der Waals surface area contributed by atoms with Crippen molar-refractivity contribution in [3.05, 3.63) is 23.8 Å². The molecule has 118 valence electrons. The molecule has 4 aliphatic rings. The highest BCUT2D eigenvalue weighted by atomic mass is 16.5. The zero-order valence-electron chi connectivity index (χ0n) is 13.0. The summed E-state index contributed by atoms with van der Waals surface area (Å²) in [6.07, 6.45) is 7.39. The summed E-state index contributed by atoms with van der Waals surface area (Å²) in [5, 5.41) is 13.3. The molecule has 0 unspecified atom stereocenters. The van der Waals surface area contributed by atoms with Gasteiger partial charge in [0.2, 0.25) is 0 Å². The molecule has 4 saturated carbocycles. The number of methoxy groups -OCH3 is 1. The quantitative estimate of drug-likeness (QED) is 0.902. The Labute approximate surface area is 130 Å². The van der Waals surface area contributed by atoms with Gasteiger partial charge in [0.05, 0.1) is 12.7 Å². The molecule has 0 spiro atoms. The lowest BCUT2D eigenvalue weighted by molar-refractivity contribution is -0.0167. The molecule has 4 fully saturated rings. The van der Waals surface area contributed by atoms with E-state index in [9.17, 15) is 9.90 Å². The van der Waals surface area contributed by atoms with Crippen LogP contribution in [0.3, 0.4) is 0 Å². The van der Waals surface area contributed by atoms with E-state index in [1.54, 1.807) is 19.2 Å². The highest BCUT2D eigenvalue weighted by Crippen LogP contribution is 2.55. The van der Waals surface area contributed by atoms with Crippen LogP contribution in [-0.2, 0) is 0 Å². The molecule has 0 heterocycles. The number of carbonyl (C=O) groups excluding carboxylic acids is 1. The lowest BCUT2D eigenvalue weighted by Crippen LogP contribution is -2.59. The number of ether oxygens (including phenoxy) is 1. The third kappa shape index (κ3) is 2.25. The third-order valence-electron chi connectivity index (χ3n) is 5.87. The molecule has 2 N–H and O–H groups in total. The minimum Gasteiger partial charge on any atom is -0.507 e. The average Bonchev–Trinajstić information content (AvgIpc) is 2.44. The maximum absolute atomic E-state index is 12.6. The van der Waals surface area contributed by atoms with Crippen LogP contribution >= 0.6 is 0 Å². The monoisotopic (exact) mass is 301 g/mol. The van der Waals surface area contributed by atoms with Crippen LogP contribution in [0.1, 0.15) is 48.9 Å². The van der Waals surface area contributed by atoms with Gasteiger partial charge in [-0.25, -0.2) is 0 Å². The van der Waals surface area contributed by atoms with Crippen molar-refractivity contribution in [3.8, 4) is 11.5 Å². The van der Waals surface area contributed by atoms with Crippen LogP contribution < -0.4 is 10.1 Å². The predicted molar refractivity (Wildman–Crippen MR) is 83.0 cm³/mol. The fourth-order valence-corrected chi connectivity index (χ4v) is 5.40. The van der Waals surface area contributed by atoms with Crippen molar-refractivity contribution in [3.63, 3.8) is 0 Å². The molecular formula is C18H23NO3. The summed E-state index contributed by atoms with van der Waals surface area (Å²) in [5.74, 6) is 2.76. The molecule has 4 heteroatoms. The van der Waals surface area contributed by atoms with Crippen LogP contribution in [-0.4, -0.2) is 23.7 Å². The van der Waals surface area contributed by atoms with Crippen LogP contribution in [0.4, 0.5) is 0 Å². The molecule has 0 aromatic heterocycles. The minimum absolute atomic E-state index is 0.0124. The summed E-state index contributed by atoms with van der Waals surface area (Å²) in [6, 6.07) is 4.85. The van der Waals surface area contributed by atoms with E-state index >= 15 is 0 Å². The van der Waals surface area contributed by atoms with Crippen LogP contribution in [0.25, 0.3) is 0 Å². The van der Waals surface area contributed by atoms with Gasteiger partial charge < -0.3 is 15.2 Å². The Morgan fingerprint density at radius 1 is 1.18 bits per heavy atom. The highest BCUT2D eigenvalue weighted by molar-refractivity contribution is 5.97. The van der Waals surface area contributed by atoms with Crippen molar-refractivity contribution in [1.82, 2.24) is 5.32 Å². The smallest absolute Gasteiger partial charge is 0.255 e. The Hall–Kier alpha value is -1.71. The van der Waals surface area contributed by atoms with Gasteiger partial charge in [-0.3, -0.25) is 4.79 Å². The molecule has 22 heavy (non-hydrogen) atoms. The Bertz CT molecular complexity index is 575. The second-order valence-corrected chi connectivity index (χ2v) is 7.54. The van der Waals surface area contributed by atoms with Gasteiger partial charge in [-0.05, 0) is 68.4 Å². The average molecular weight is 301 g/mol. The van der Waals surface area contributed by atoms with E-state index in [0.29, 0.717) is 11.3 Å². The Kier molecular flexibility index (Phi) is 3.10. The maximum atomic E-state index is 12.6. The summed E-state index contributed by atoms with van der Waals surface area (Å²) in [5.41, 5.74) is 0.314. The molecule has 0 atom stereocenters. The van der Waals surface area contributed by atoms with E-state index in [-0.39, 0.29) is 17.2 Å². The fraction of sp³-hybridized carbons (Fsp3) is 0.611. The van der Waals surface area contributed by atoms with E-state index in [0.717, 1.165) is 37.0 Å². The number of amides is 1. The second-order valence-electron chi connectivity index (χ2n) is 7.54. The molecule has 1 amide bonds. The topological polar surface area (TPSA) is 58.6 Å². The Morgan fingerprint density at radius 3 is 2.27 bits per heavy atom. The Balaban J connectivity index is 1.55. The molecule has 1 aromatic rings. The van der Waals surface area contributed by atoms with Gasteiger partial charge in [0.1, 0.15) is 11.5 Å². The molecule has 0 aliphatic heterocycles. The number of carbonyl (C=O) groups is 1. The van der Waals surface area contributed by atoms with Crippen molar-refractivity contribution >= 4 is 5.91 Å². The van der Waals surface area contributed by atoms with Gasteiger partial charge in [0.15, 0.2) is 0 Å². The van der Waals surface area contributed by atoms with Crippen molar-refractivity contribution < 1.29 is 14.6 Å². The second kappa shape index (κ2) is 4.90. The number of benzene rings is 1. The maximum Gasteiger partial charge on any atom is 0.255 e. The van der Waals surface area contributed by atoms with Crippen LogP contribution in [0.2, 0.25) is 0 Å². The number of nitrogens with one attached hydrogen (secondary N) is 1. The molecular weight excluding hydrogens is 278 g/mol. The first-order valence-corrected chi connectivity index (χ1v) is 8.26. The molecule has 4 bridgehead atoms. The van der Waals surface area contributed by atoms with E-state index in [1.807, 2.05) is 0 Å². The van der Waals surface area contributed by atoms with Crippen molar-refractivity contribution in [2.24, 2.45) is 17.8 Å². The first-order chi connectivity index (χ1) is 10.6. The van der Waals surface area contributed by atoms with Crippen molar-refractivity contribution in [2.75, 3.05) is 7.11 Å². The molecule has 0 saturated heterocycles. The summed E-state index contributed by atoms with van der Waals surface area (Å²) in [7, 11) is 1.55. The molecule has 1 aromatic carbocycles. The third-order valence-corrected chi connectivity index (χ3v) is 5.87. The van der Waals surface area contributed by atoms with Gasteiger partial charge in [-0.2, -0.15) is 0 Å². The predicted octanol–water partition coefficient (Wildman–Crippen LogP) is 3.10.